The molecule has 0 atom stereocenters. The predicted octanol–water partition coefficient (Wildman–Crippen LogP) is 1.89. The lowest BCUT2D eigenvalue weighted by Gasteiger charge is -2.01. The smallest absolute Gasteiger partial charge is 0.226 e. The summed E-state index contributed by atoms with van der Waals surface area (Å²) < 4.78 is 0. The highest BCUT2D eigenvalue weighted by Crippen LogP contribution is 2.25. The number of thiophene rings is 1. The van der Waals surface area contributed by atoms with Gasteiger partial charge in [-0.1, -0.05) is 0 Å². The third kappa shape index (κ3) is 3.73. The van der Waals surface area contributed by atoms with E-state index in [1.54, 1.807) is 22.7 Å². The lowest BCUT2D eigenvalue weighted by Crippen LogP contribution is -2.27. The van der Waals surface area contributed by atoms with Crippen molar-refractivity contribution >= 4 is 28.6 Å². The van der Waals surface area contributed by atoms with Crippen molar-refractivity contribution in [1.82, 2.24) is 25.5 Å². The summed E-state index contributed by atoms with van der Waals surface area (Å²) in [5.74, 6) is 0.736. The van der Waals surface area contributed by atoms with Crippen molar-refractivity contribution in [2.45, 2.75) is 12.8 Å². The molecule has 0 radical (unpaired) electrons. The Balaban J connectivity index is 1.48. The zero-order valence-electron chi connectivity index (χ0n) is 11.1. The summed E-state index contributed by atoms with van der Waals surface area (Å²) in [6.07, 6.45) is 2.40. The second-order valence-electron chi connectivity index (χ2n) is 4.36. The summed E-state index contributed by atoms with van der Waals surface area (Å²) in [5, 5.41) is 16.3. The molecule has 2 N–H and O–H groups in total. The largest absolute Gasteiger partial charge is 0.355 e. The van der Waals surface area contributed by atoms with Gasteiger partial charge >= 0.3 is 0 Å². The molecular formula is C13H13N5OS2. The maximum Gasteiger partial charge on any atom is 0.226 e. The lowest BCUT2D eigenvalue weighted by atomic mass is 10.3. The van der Waals surface area contributed by atoms with Crippen molar-refractivity contribution in [3.8, 4) is 10.6 Å². The van der Waals surface area contributed by atoms with Crippen molar-refractivity contribution < 1.29 is 4.79 Å². The van der Waals surface area contributed by atoms with E-state index in [2.05, 4.69) is 30.9 Å². The lowest BCUT2D eigenvalue weighted by molar-refractivity contribution is -0.120. The summed E-state index contributed by atoms with van der Waals surface area (Å²) >= 11 is 3.20. The number of H-pyrrole nitrogens is 1. The van der Waals surface area contributed by atoms with Crippen LogP contribution in [-0.2, 0) is 17.6 Å². The first kappa shape index (κ1) is 13.9. The van der Waals surface area contributed by atoms with Crippen molar-refractivity contribution in [3.63, 3.8) is 0 Å². The molecule has 0 spiro atoms. The quantitative estimate of drug-likeness (QED) is 0.727. The molecule has 0 bridgehead atoms. The summed E-state index contributed by atoms with van der Waals surface area (Å²) in [4.78, 5) is 20.3. The number of carbonyl (C=O) groups excluding carboxylic acids is 1. The highest BCUT2D eigenvalue weighted by molar-refractivity contribution is 7.14. The molecule has 21 heavy (non-hydrogen) atoms. The molecule has 6 nitrogen and oxygen atoms in total. The second kappa shape index (κ2) is 6.59. The van der Waals surface area contributed by atoms with E-state index in [4.69, 9.17) is 0 Å². The fourth-order valence-corrected chi connectivity index (χ4v) is 3.34. The van der Waals surface area contributed by atoms with E-state index in [0.717, 1.165) is 22.1 Å². The molecule has 0 aromatic carbocycles. The van der Waals surface area contributed by atoms with E-state index >= 15 is 0 Å². The number of aromatic nitrogens is 4. The summed E-state index contributed by atoms with van der Waals surface area (Å²) in [5.41, 5.74) is 1.92. The molecule has 0 aliphatic carbocycles. The summed E-state index contributed by atoms with van der Waals surface area (Å²) in [6, 6.07) is 2.03. The number of thiazole rings is 1. The Morgan fingerprint density at radius 1 is 1.38 bits per heavy atom. The highest BCUT2D eigenvalue weighted by Gasteiger charge is 2.09. The molecule has 0 saturated carbocycles. The van der Waals surface area contributed by atoms with Gasteiger partial charge in [0.25, 0.3) is 0 Å². The SMILES string of the molecule is O=C(Cc1csc(-c2ccsc2)n1)NCCc1ncn[nH]1. The normalized spacial score (nSPS) is 10.7. The van der Waals surface area contributed by atoms with Gasteiger partial charge in [0.2, 0.25) is 5.91 Å². The number of nitrogens with one attached hydrogen (secondary N) is 2. The molecule has 108 valence electrons. The van der Waals surface area contributed by atoms with Crippen molar-refractivity contribution in [1.29, 1.82) is 0 Å². The first-order chi connectivity index (χ1) is 10.3. The summed E-state index contributed by atoms with van der Waals surface area (Å²) in [7, 11) is 0. The van der Waals surface area contributed by atoms with Gasteiger partial charge in [-0.15, -0.1) is 11.3 Å². The van der Waals surface area contributed by atoms with Crippen LogP contribution in [0.1, 0.15) is 11.5 Å². The van der Waals surface area contributed by atoms with Gasteiger partial charge in [-0.2, -0.15) is 16.4 Å². The number of nitrogens with zero attached hydrogens (tertiary/aromatic N) is 3. The number of aromatic amines is 1. The van der Waals surface area contributed by atoms with Gasteiger partial charge in [0.15, 0.2) is 0 Å². The van der Waals surface area contributed by atoms with Gasteiger partial charge in [-0.25, -0.2) is 9.97 Å². The Hall–Kier alpha value is -2.06. The Morgan fingerprint density at radius 2 is 2.33 bits per heavy atom. The Bertz CT molecular complexity index is 690. The average molecular weight is 319 g/mol. The average Bonchev–Trinajstić information content (AvgIpc) is 3.21. The van der Waals surface area contributed by atoms with Crippen LogP contribution in [0.4, 0.5) is 0 Å². The van der Waals surface area contributed by atoms with Crippen molar-refractivity contribution in [2.24, 2.45) is 0 Å². The third-order valence-corrected chi connectivity index (χ3v) is 4.43. The van der Waals surface area contributed by atoms with E-state index in [1.807, 2.05) is 16.8 Å². The number of amides is 1. The zero-order chi connectivity index (χ0) is 14.5. The van der Waals surface area contributed by atoms with Crippen LogP contribution in [0, 0.1) is 0 Å². The standard InChI is InChI=1S/C13H13N5OS2/c19-12(14-3-1-11-15-8-16-18-11)5-10-7-21-13(17-10)9-2-4-20-6-9/h2,4,6-8H,1,3,5H2,(H,14,19)(H,15,16,18). The third-order valence-electron chi connectivity index (χ3n) is 2.81. The molecule has 0 fully saturated rings. The van der Waals surface area contributed by atoms with E-state index in [9.17, 15) is 4.79 Å². The summed E-state index contributed by atoms with van der Waals surface area (Å²) in [6.45, 7) is 0.537. The molecule has 0 aliphatic rings. The molecule has 8 heteroatoms. The Labute approximate surface area is 129 Å². The van der Waals surface area contributed by atoms with Gasteiger partial charge in [0.05, 0.1) is 12.1 Å². The van der Waals surface area contributed by atoms with Crippen LogP contribution >= 0.6 is 22.7 Å². The van der Waals surface area contributed by atoms with Crippen LogP contribution in [0.5, 0.6) is 0 Å². The van der Waals surface area contributed by atoms with Crippen LogP contribution in [0.2, 0.25) is 0 Å². The van der Waals surface area contributed by atoms with Crippen molar-refractivity contribution in [2.75, 3.05) is 6.54 Å². The van der Waals surface area contributed by atoms with Gasteiger partial charge in [0.1, 0.15) is 17.2 Å². The first-order valence-electron chi connectivity index (χ1n) is 6.39. The van der Waals surface area contributed by atoms with Crippen LogP contribution in [0.15, 0.2) is 28.5 Å². The minimum atomic E-state index is -0.0308. The molecule has 0 saturated heterocycles. The van der Waals surface area contributed by atoms with Gasteiger partial charge in [-0.3, -0.25) is 9.89 Å². The fourth-order valence-electron chi connectivity index (χ4n) is 1.81. The monoisotopic (exact) mass is 319 g/mol. The van der Waals surface area contributed by atoms with Gasteiger partial charge in [0, 0.05) is 29.3 Å². The Morgan fingerprint density at radius 3 is 3.10 bits per heavy atom. The molecule has 3 aromatic rings. The molecular weight excluding hydrogens is 306 g/mol. The van der Waals surface area contributed by atoms with E-state index in [1.165, 1.54) is 6.33 Å². The minimum Gasteiger partial charge on any atom is -0.355 e. The number of carbonyl (C=O) groups is 1. The molecule has 1 amide bonds. The van der Waals surface area contributed by atoms with Crippen LogP contribution in [0.3, 0.4) is 0 Å². The maximum absolute atomic E-state index is 11.8. The van der Waals surface area contributed by atoms with Crippen LogP contribution in [0.25, 0.3) is 10.6 Å². The van der Waals surface area contributed by atoms with Crippen LogP contribution < -0.4 is 5.32 Å². The zero-order valence-corrected chi connectivity index (χ0v) is 12.7. The second-order valence-corrected chi connectivity index (χ2v) is 6.00. The van der Waals surface area contributed by atoms with E-state index in [-0.39, 0.29) is 5.91 Å². The highest BCUT2D eigenvalue weighted by atomic mass is 32.1. The Kier molecular flexibility index (Phi) is 4.37. The topological polar surface area (TPSA) is 83.6 Å². The number of hydrogen-bond donors (Lipinski definition) is 2. The molecule has 3 heterocycles. The fraction of sp³-hybridized carbons (Fsp3) is 0.231. The molecule has 0 aliphatic heterocycles. The van der Waals surface area contributed by atoms with Gasteiger partial charge in [-0.05, 0) is 11.4 Å². The van der Waals surface area contributed by atoms with E-state index < -0.39 is 0 Å². The van der Waals surface area contributed by atoms with E-state index in [0.29, 0.717) is 19.4 Å². The molecule has 3 aromatic heterocycles. The van der Waals surface area contributed by atoms with Gasteiger partial charge < -0.3 is 5.32 Å². The minimum absolute atomic E-state index is 0.0308. The van der Waals surface area contributed by atoms with Crippen LogP contribution in [-0.4, -0.2) is 32.6 Å². The first-order valence-corrected chi connectivity index (χ1v) is 8.21. The molecule has 0 unspecified atom stereocenters. The number of rotatable bonds is 6. The molecule has 3 rings (SSSR count). The van der Waals surface area contributed by atoms with Crippen molar-refractivity contribution in [3.05, 3.63) is 40.1 Å². The maximum atomic E-state index is 11.8. The number of hydrogen-bond acceptors (Lipinski definition) is 6. The predicted molar refractivity (Wildman–Crippen MR) is 82.2 cm³/mol.